The fourth-order valence-corrected chi connectivity index (χ4v) is 1.98. The number of carbonyl (C=O) groups is 1. The Kier molecular flexibility index (Phi) is 5.45. The van der Waals surface area contributed by atoms with Crippen LogP contribution in [0.2, 0.25) is 0 Å². The first-order valence-electron chi connectivity index (χ1n) is 4.81. The van der Waals surface area contributed by atoms with E-state index in [4.69, 9.17) is 4.74 Å². The molecule has 2 nitrogen and oxygen atoms in total. The number of esters is 1. The van der Waals surface area contributed by atoms with Gasteiger partial charge in [0.2, 0.25) is 0 Å². The molecule has 0 bridgehead atoms. The molecule has 0 amide bonds. The van der Waals surface area contributed by atoms with Crippen molar-refractivity contribution in [2.24, 2.45) is 0 Å². The number of thioether (sulfide) groups is 1. The highest BCUT2D eigenvalue weighted by Crippen LogP contribution is 2.22. The average Bonchev–Trinajstić information content (AvgIpc) is 2.20. The lowest BCUT2D eigenvalue weighted by atomic mass is 10.2. The molecule has 0 aliphatic heterocycles. The van der Waals surface area contributed by atoms with E-state index in [1.807, 2.05) is 13.0 Å². The van der Waals surface area contributed by atoms with Crippen LogP contribution in [-0.2, 0) is 9.53 Å². The Morgan fingerprint density at radius 3 is 3.14 bits per heavy atom. The van der Waals surface area contributed by atoms with E-state index in [0.717, 1.165) is 12.2 Å². The van der Waals surface area contributed by atoms with E-state index in [-0.39, 0.29) is 5.97 Å². The summed E-state index contributed by atoms with van der Waals surface area (Å²) in [7, 11) is 0. The third kappa shape index (κ3) is 4.51. The highest BCUT2D eigenvalue weighted by atomic mass is 32.2. The quantitative estimate of drug-likeness (QED) is 0.654. The summed E-state index contributed by atoms with van der Waals surface area (Å²) in [4.78, 5) is 12.3. The summed E-state index contributed by atoms with van der Waals surface area (Å²) in [5.41, 5.74) is 0. The third-order valence-electron chi connectivity index (χ3n) is 1.73. The van der Waals surface area contributed by atoms with Crippen molar-refractivity contribution in [2.45, 2.75) is 19.8 Å². The van der Waals surface area contributed by atoms with Gasteiger partial charge in [0.1, 0.15) is 0 Å². The Balaban J connectivity index is 2.11. The van der Waals surface area contributed by atoms with Gasteiger partial charge in [0, 0.05) is 10.7 Å². The topological polar surface area (TPSA) is 26.3 Å². The summed E-state index contributed by atoms with van der Waals surface area (Å²) >= 11 is 1.71. The van der Waals surface area contributed by atoms with Crippen LogP contribution < -0.4 is 0 Å². The summed E-state index contributed by atoms with van der Waals surface area (Å²) in [6.07, 6.45) is 9.88. The first kappa shape index (κ1) is 11.4. The van der Waals surface area contributed by atoms with Crippen LogP contribution in [0.5, 0.6) is 0 Å². The minimum atomic E-state index is -0.105. The molecule has 0 heterocycles. The SMILES string of the molecule is CCOC(=O)CCSC1=CC[CH]C=C1. The highest BCUT2D eigenvalue weighted by Gasteiger charge is 2.03. The maximum Gasteiger partial charge on any atom is 0.306 e. The molecule has 0 unspecified atom stereocenters. The molecule has 0 aromatic carbocycles. The van der Waals surface area contributed by atoms with Crippen molar-refractivity contribution in [3.05, 3.63) is 29.6 Å². The maximum absolute atomic E-state index is 11.0. The second kappa shape index (κ2) is 6.71. The molecule has 1 aliphatic rings. The normalized spacial score (nSPS) is 15.1. The summed E-state index contributed by atoms with van der Waals surface area (Å²) in [5.74, 6) is 0.696. The van der Waals surface area contributed by atoms with Crippen LogP contribution in [0.1, 0.15) is 19.8 Å². The monoisotopic (exact) mass is 211 g/mol. The molecular formula is C11H15O2S. The van der Waals surface area contributed by atoms with Gasteiger partial charge in [0.05, 0.1) is 13.0 Å². The van der Waals surface area contributed by atoms with Gasteiger partial charge in [-0.1, -0.05) is 18.2 Å². The van der Waals surface area contributed by atoms with Crippen LogP contribution in [-0.4, -0.2) is 18.3 Å². The largest absolute Gasteiger partial charge is 0.466 e. The molecule has 0 saturated heterocycles. The third-order valence-corrected chi connectivity index (χ3v) is 2.78. The first-order valence-corrected chi connectivity index (χ1v) is 5.80. The summed E-state index contributed by atoms with van der Waals surface area (Å²) < 4.78 is 4.84. The molecule has 1 rings (SSSR count). The molecule has 1 radical (unpaired) electrons. The number of hydrogen-bond acceptors (Lipinski definition) is 3. The molecule has 77 valence electrons. The standard InChI is InChI=1S/C11H15O2S/c1-2-13-11(12)8-9-14-10-6-4-3-5-7-10/h3-4,6-7H,2,5,8-9H2,1H3. The van der Waals surface area contributed by atoms with E-state index in [2.05, 4.69) is 18.6 Å². The fraction of sp³-hybridized carbons (Fsp3) is 0.455. The van der Waals surface area contributed by atoms with Gasteiger partial charge in [-0.15, -0.1) is 11.8 Å². The Hall–Kier alpha value is -0.700. The Bertz CT molecular complexity index is 244. The van der Waals surface area contributed by atoms with Crippen molar-refractivity contribution >= 4 is 17.7 Å². The van der Waals surface area contributed by atoms with E-state index in [0.29, 0.717) is 13.0 Å². The van der Waals surface area contributed by atoms with E-state index >= 15 is 0 Å². The van der Waals surface area contributed by atoms with E-state index in [9.17, 15) is 4.79 Å². The van der Waals surface area contributed by atoms with Gasteiger partial charge in [0.15, 0.2) is 0 Å². The van der Waals surface area contributed by atoms with Gasteiger partial charge < -0.3 is 4.74 Å². The van der Waals surface area contributed by atoms with E-state index in [1.54, 1.807) is 11.8 Å². The lowest BCUT2D eigenvalue weighted by molar-refractivity contribution is -0.142. The highest BCUT2D eigenvalue weighted by molar-refractivity contribution is 8.03. The van der Waals surface area contributed by atoms with Crippen molar-refractivity contribution in [1.29, 1.82) is 0 Å². The van der Waals surface area contributed by atoms with Crippen LogP contribution >= 0.6 is 11.8 Å². The average molecular weight is 211 g/mol. The zero-order valence-electron chi connectivity index (χ0n) is 8.36. The zero-order chi connectivity index (χ0) is 10.2. The molecule has 0 aromatic heterocycles. The molecule has 0 fully saturated rings. The molecule has 3 heteroatoms. The first-order chi connectivity index (χ1) is 6.83. The number of hydrogen-bond donors (Lipinski definition) is 0. The second-order valence-electron chi connectivity index (χ2n) is 2.84. The van der Waals surface area contributed by atoms with Crippen molar-refractivity contribution in [1.82, 2.24) is 0 Å². The van der Waals surface area contributed by atoms with Gasteiger partial charge in [-0.2, -0.15) is 0 Å². The van der Waals surface area contributed by atoms with Crippen LogP contribution in [0, 0.1) is 6.42 Å². The fourth-order valence-electron chi connectivity index (χ4n) is 1.09. The zero-order valence-corrected chi connectivity index (χ0v) is 9.18. The molecule has 0 saturated carbocycles. The van der Waals surface area contributed by atoms with Crippen LogP contribution in [0.4, 0.5) is 0 Å². The molecular weight excluding hydrogens is 196 g/mol. The van der Waals surface area contributed by atoms with Gasteiger partial charge in [-0.3, -0.25) is 4.79 Å². The summed E-state index contributed by atoms with van der Waals surface area (Å²) in [6.45, 7) is 2.30. The Morgan fingerprint density at radius 1 is 1.64 bits per heavy atom. The number of rotatable bonds is 5. The molecule has 0 aromatic rings. The predicted molar refractivity (Wildman–Crippen MR) is 59.8 cm³/mol. The van der Waals surface area contributed by atoms with E-state index in [1.165, 1.54) is 4.91 Å². The number of allylic oxidation sites excluding steroid dienone is 3. The van der Waals surface area contributed by atoms with Crippen molar-refractivity contribution in [2.75, 3.05) is 12.4 Å². The van der Waals surface area contributed by atoms with Crippen molar-refractivity contribution < 1.29 is 9.53 Å². The minimum absolute atomic E-state index is 0.105. The summed E-state index contributed by atoms with van der Waals surface area (Å²) in [5, 5.41) is 0. The molecule has 1 aliphatic carbocycles. The molecule has 0 spiro atoms. The van der Waals surface area contributed by atoms with Gasteiger partial charge >= 0.3 is 5.97 Å². The lowest BCUT2D eigenvalue weighted by Crippen LogP contribution is -2.04. The Labute approximate surface area is 89.4 Å². The second-order valence-corrected chi connectivity index (χ2v) is 4.01. The van der Waals surface area contributed by atoms with Crippen LogP contribution in [0.15, 0.2) is 23.1 Å². The number of ether oxygens (including phenoxy) is 1. The van der Waals surface area contributed by atoms with Gasteiger partial charge in [-0.25, -0.2) is 0 Å². The summed E-state index contributed by atoms with van der Waals surface area (Å²) in [6, 6.07) is 0. The van der Waals surface area contributed by atoms with Crippen LogP contribution in [0.3, 0.4) is 0 Å². The van der Waals surface area contributed by atoms with Gasteiger partial charge in [-0.05, 0) is 19.8 Å². The van der Waals surface area contributed by atoms with E-state index < -0.39 is 0 Å². The Morgan fingerprint density at radius 2 is 2.50 bits per heavy atom. The van der Waals surface area contributed by atoms with Crippen molar-refractivity contribution in [3.63, 3.8) is 0 Å². The lowest BCUT2D eigenvalue weighted by Gasteiger charge is -2.05. The smallest absolute Gasteiger partial charge is 0.306 e. The molecule has 0 N–H and O–H groups in total. The predicted octanol–water partition coefficient (Wildman–Crippen LogP) is 2.72. The molecule has 0 atom stereocenters. The number of carbonyl (C=O) groups excluding carboxylic acids is 1. The molecule has 14 heavy (non-hydrogen) atoms. The van der Waals surface area contributed by atoms with Crippen molar-refractivity contribution in [3.8, 4) is 0 Å². The minimum Gasteiger partial charge on any atom is -0.466 e. The van der Waals surface area contributed by atoms with Crippen LogP contribution in [0.25, 0.3) is 0 Å². The maximum atomic E-state index is 11.0. The van der Waals surface area contributed by atoms with Gasteiger partial charge in [0.25, 0.3) is 0 Å².